The summed E-state index contributed by atoms with van der Waals surface area (Å²) in [6.07, 6.45) is 0.652. The van der Waals surface area contributed by atoms with E-state index in [9.17, 15) is 12.8 Å². The van der Waals surface area contributed by atoms with Crippen molar-refractivity contribution < 1.29 is 22.8 Å². The van der Waals surface area contributed by atoms with Gasteiger partial charge in [0.25, 0.3) is 0 Å². The normalized spacial score (nSPS) is 18.9. The molecule has 0 bridgehead atoms. The van der Waals surface area contributed by atoms with Crippen molar-refractivity contribution in [2.75, 3.05) is 0 Å². The first-order chi connectivity index (χ1) is 15.7. The number of halogens is 1. The van der Waals surface area contributed by atoms with E-state index in [4.69, 9.17) is 15.7 Å². The Morgan fingerprint density at radius 2 is 1.70 bits per heavy atom. The molecule has 0 radical (unpaired) electrons. The highest BCUT2D eigenvalue weighted by Crippen LogP contribution is 2.45. The van der Waals surface area contributed by atoms with Crippen LogP contribution in [0.3, 0.4) is 0 Å². The summed E-state index contributed by atoms with van der Waals surface area (Å²) in [5.41, 5.74) is 6.67. The van der Waals surface area contributed by atoms with Gasteiger partial charge in [-0.15, -0.1) is 0 Å². The van der Waals surface area contributed by atoms with Gasteiger partial charge < -0.3 is 15.7 Å². The summed E-state index contributed by atoms with van der Waals surface area (Å²) < 4.78 is 47.1. The standard InChI is InChI=1S/C25H23FN2O4S/c1-25(15-17-5-3-2-4-6-17)16-22(23(32-25)18-7-11-20(26)12-8-18)33(30,31)21-13-9-19(10-14-21)24(27)28-29/h2-14,29H,15-16H2,1H3,(H2,27,28). The minimum absolute atomic E-state index is 0.0548. The lowest BCUT2D eigenvalue weighted by atomic mass is 9.94. The van der Waals surface area contributed by atoms with Crippen LogP contribution in [-0.2, 0) is 21.0 Å². The van der Waals surface area contributed by atoms with E-state index in [2.05, 4.69) is 5.16 Å². The van der Waals surface area contributed by atoms with Crippen LogP contribution in [0, 0.1) is 5.82 Å². The van der Waals surface area contributed by atoms with Crippen molar-refractivity contribution in [3.05, 3.63) is 106 Å². The van der Waals surface area contributed by atoms with Gasteiger partial charge in [-0.1, -0.05) is 35.5 Å². The van der Waals surface area contributed by atoms with Gasteiger partial charge in [-0.25, -0.2) is 12.8 Å². The highest BCUT2D eigenvalue weighted by molar-refractivity contribution is 7.95. The van der Waals surface area contributed by atoms with Gasteiger partial charge >= 0.3 is 0 Å². The van der Waals surface area contributed by atoms with Crippen molar-refractivity contribution in [2.24, 2.45) is 10.9 Å². The molecule has 3 aromatic rings. The number of rotatable bonds is 6. The van der Waals surface area contributed by atoms with Gasteiger partial charge in [0.05, 0.1) is 9.80 Å². The average molecular weight is 467 g/mol. The second kappa shape index (κ2) is 8.71. The average Bonchev–Trinajstić information content (AvgIpc) is 3.17. The van der Waals surface area contributed by atoms with Crippen LogP contribution in [-0.4, -0.2) is 25.1 Å². The molecule has 0 saturated carbocycles. The van der Waals surface area contributed by atoms with E-state index in [1.165, 1.54) is 48.5 Å². The number of hydrogen-bond donors (Lipinski definition) is 2. The van der Waals surface area contributed by atoms with Crippen molar-refractivity contribution in [3.8, 4) is 0 Å². The number of nitrogens with two attached hydrogens (primary N) is 1. The number of hydrogen-bond acceptors (Lipinski definition) is 5. The molecule has 4 rings (SSSR count). The van der Waals surface area contributed by atoms with Gasteiger partial charge in [-0.2, -0.15) is 0 Å². The molecule has 0 amide bonds. The van der Waals surface area contributed by atoms with Crippen molar-refractivity contribution in [1.82, 2.24) is 0 Å². The van der Waals surface area contributed by atoms with Gasteiger partial charge in [-0.05, 0) is 61.0 Å². The third kappa shape index (κ3) is 4.61. The molecule has 3 N–H and O–H groups in total. The number of oxime groups is 1. The van der Waals surface area contributed by atoms with Crippen LogP contribution < -0.4 is 5.73 Å². The number of nitrogens with zero attached hydrogens (tertiary/aromatic N) is 1. The van der Waals surface area contributed by atoms with Crippen LogP contribution in [0.15, 0.2) is 93.8 Å². The number of amidine groups is 1. The summed E-state index contributed by atoms with van der Waals surface area (Å²) in [5.74, 6) is -0.328. The zero-order chi connectivity index (χ0) is 23.6. The minimum atomic E-state index is -3.94. The van der Waals surface area contributed by atoms with Gasteiger partial charge in [0.2, 0.25) is 9.84 Å². The first-order valence-corrected chi connectivity index (χ1v) is 11.8. The molecule has 1 heterocycles. The molecule has 1 atom stereocenters. The van der Waals surface area contributed by atoms with E-state index in [1.807, 2.05) is 37.3 Å². The molecule has 0 aromatic heterocycles. The van der Waals surface area contributed by atoms with E-state index in [0.717, 1.165) is 5.56 Å². The monoisotopic (exact) mass is 466 g/mol. The fourth-order valence-corrected chi connectivity index (χ4v) is 5.61. The Morgan fingerprint density at radius 3 is 2.30 bits per heavy atom. The molecule has 3 aromatic carbocycles. The zero-order valence-corrected chi connectivity index (χ0v) is 18.7. The van der Waals surface area contributed by atoms with E-state index in [-0.39, 0.29) is 27.8 Å². The fourth-order valence-electron chi connectivity index (χ4n) is 3.93. The molecule has 6 nitrogen and oxygen atoms in total. The maximum atomic E-state index is 13.7. The van der Waals surface area contributed by atoms with E-state index >= 15 is 0 Å². The fraction of sp³-hybridized carbons (Fsp3) is 0.160. The number of ether oxygens (including phenoxy) is 1. The maximum absolute atomic E-state index is 13.7. The van der Waals surface area contributed by atoms with E-state index < -0.39 is 21.3 Å². The largest absolute Gasteiger partial charge is 0.485 e. The summed E-state index contributed by atoms with van der Waals surface area (Å²) in [6.45, 7) is 1.87. The molecule has 0 fully saturated rings. The Labute approximate surface area is 191 Å². The summed E-state index contributed by atoms with van der Waals surface area (Å²) >= 11 is 0. The lowest BCUT2D eigenvalue weighted by Crippen LogP contribution is -2.27. The molecule has 8 heteroatoms. The molecule has 0 saturated heterocycles. The predicted molar refractivity (Wildman–Crippen MR) is 124 cm³/mol. The summed E-state index contributed by atoms with van der Waals surface area (Å²) in [6, 6.07) is 21.0. The number of benzene rings is 3. The van der Waals surface area contributed by atoms with Gasteiger partial charge in [0, 0.05) is 24.0 Å². The molecular formula is C25H23FN2O4S. The Hall–Kier alpha value is -3.65. The lowest BCUT2D eigenvalue weighted by Gasteiger charge is -2.25. The van der Waals surface area contributed by atoms with Crippen LogP contribution in [0.25, 0.3) is 5.76 Å². The molecule has 170 valence electrons. The van der Waals surface area contributed by atoms with Crippen molar-refractivity contribution in [1.29, 1.82) is 0 Å². The van der Waals surface area contributed by atoms with Crippen LogP contribution in [0.2, 0.25) is 0 Å². The molecule has 0 aliphatic carbocycles. The minimum Gasteiger partial charge on any atom is -0.485 e. The Balaban J connectivity index is 1.76. The third-order valence-electron chi connectivity index (χ3n) is 5.56. The SMILES string of the molecule is CC1(Cc2ccccc2)CC(S(=O)(=O)c2ccc(/C(N)=N/O)cc2)=C(c2ccc(F)cc2)O1. The molecule has 0 spiro atoms. The molecule has 1 aliphatic heterocycles. The predicted octanol–water partition coefficient (Wildman–Crippen LogP) is 4.48. The van der Waals surface area contributed by atoms with Crippen LogP contribution >= 0.6 is 0 Å². The van der Waals surface area contributed by atoms with E-state index in [0.29, 0.717) is 17.5 Å². The van der Waals surface area contributed by atoms with Gasteiger partial charge in [0.1, 0.15) is 17.2 Å². The first kappa shape index (κ1) is 22.5. The highest BCUT2D eigenvalue weighted by atomic mass is 32.2. The molecule has 33 heavy (non-hydrogen) atoms. The van der Waals surface area contributed by atoms with Crippen molar-refractivity contribution in [2.45, 2.75) is 30.3 Å². The summed E-state index contributed by atoms with van der Waals surface area (Å²) in [7, 11) is -3.94. The van der Waals surface area contributed by atoms with E-state index in [1.54, 1.807) is 0 Å². The van der Waals surface area contributed by atoms with Gasteiger partial charge in [-0.3, -0.25) is 0 Å². The summed E-state index contributed by atoms with van der Waals surface area (Å²) in [4.78, 5) is 0.184. The zero-order valence-electron chi connectivity index (χ0n) is 17.9. The number of sulfone groups is 1. The maximum Gasteiger partial charge on any atom is 0.206 e. The second-order valence-electron chi connectivity index (χ2n) is 8.16. The smallest absolute Gasteiger partial charge is 0.206 e. The van der Waals surface area contributed by atoms with Crippen LogP contribution in [0.1, 0.15) is 30.0 Å². The quantitative estimate of drug-likeness (QED) is 0.241. The Morgan fingerprint density at radius 1 is 1.06 bits per heavy atom. The second-order valence-corrected chi connectivity index (χ2v) is 10.1. The van der Waals surface area contributed by atoms with Crippen LogP contribution in [0.4, 0.5) is 4.39 Å². The molecule has 1 unspecified atom stereocenters. The van der Waals surface area contributed by atoms with Gasteiger partial charge in [0.15, 0.2) is 5.84 Å². The Bertz CT molecular complexity index is 1320. The van der Waals surface area contributed by atoms with Crippen LogP contribution in [0.5, 0.6) is 0 Å². The third-order valence-corrected chi connectivity index (χ3v) is 7.43. The lowest BCUT2D eigenvalue weighted by molar-refractivity contribution is 0.0800. The van der Waals surface area contributed by atoms with Crippen molar-refractivity contribution >= 4 is 21.4 Å². The highest BCUT2D eigenvalue weighted by Gasteiger charge is 2.43. The molecular weight excluding hydrogens is 443 g/mol. The Kier molecular flexibility index (Phi) is 5.95. The molecule has 1 aliphatic rings. The topological polar surface area (TPSA) is 102 Å². The summed E-state index contributed by atoms with van der Waals surface area (Å²) in [5, 5.41) is 11.8. The first-order valence-electron chi connectivity index (χ1n) is 10.3. The van der Waals surface area contributed by atoms with Crippen molar-refractivity contribution in [3.63, 3.8) is 0 Å².